The molecule has 0 aromatic heterocycles. The second-order valence-electron chi connectivity index (χ2n) is 7.10. The van der Waals surface area contributed by atoms with Gasteiger partial charge in [0.05, 0.1) is 12.4 Å². The third-order valence-electron chi connectivity index (χ3n) is 5.99. The third-order valence-corrected chi connectivity index (χ3v) is 5.99. The van der Waals surface area contributed by atoms with Gasteiger partial charge in [-0.1, -0.05) is 40.5 Å². The predicted octanol–water partition coefficient (Wildman–Crippen LogP) is 5.63. The third kappa shape index (κ3) is 4.57. The summed E-state index contributed by atoms with van der Waals surface area (Å²) in [7, 11) is 0. The Labute approximate surface area is 135 Å². The molecule has 0 aromatic carbocycles. The molecule has 2 atom stereocenters. The van der Waals surface area contributed by atoms with Gasteiger partial charge < -0.3 is 5.11 Å². The molecular formula is C19H33FO2. The van der Waals surface area contributed by atoms with Gasteiger partial charge in [-0.2, -0.15) is 0 Å². The first-order valence-electron chi connectivity index (χ1n) is 8.93. The van der Waals surface area contributed by atoms with Crippen LogP contribution < -0.4 is 0 Å². The summed E-state index contributed by atoms with van der Waals surface area (Å²) >= 11 is 0. The quantitative estimate of drug-likeness (QED) is 0.466. The number of rotatable bonds is 8. The summed E-state index contributed by atoms with van der Waals surface area (Å²) in [5.41, 5.74) is 0.426. The van der Waals surface area contributed by atoms with Crippen LogP contribution in [0.1, 0.15) is 72.6 Å². The van der Waals surface area contributed by atoms with Gasteiger partial charge in [0.2, 0.25) is 0 Å². The van der Waals surface area contributed by atoms with Crippen molar-refractivity contribution >= 4 is 5.78 Å². The van der Waals surface area contributed by atoms with E-state index in [1.165, 1.54) is 18.9 Å². The molecule has 0 saturated heterocycles. The molecule has 1 aliphatic carbocycles. The Morgan fingerprint density at radius 1 is 1.27 bits per heavy atom. The molecular weight excluding hydrogens is 279 g/mol. The van der Waals surface area contributed by atoms with Gasteiger partial charge in [-0.15, -0.1) is 0 Å². The van der Waals surface area contributed by atoms with Crippen LogP contribution >= 0.6 is 0 Å². The van der Waals surface area contributed by atoms with E-state index in [4.69, 9.17) is 0 Å². The van der Waals surface area contributed by atoms with Gasteiger partial charge in [0, 0.05) is 17.9 Å². The molecule has 0 aromatic rings. The van der Waals surface area contributed by atoms with Crippen LogP contribution in [0.4, 0.5) is 4.39 Å². The molecule has 2 nitrogen and oxygen atoms in total. The smallest absolute Gasteiger partial charge is 0.162 e. The maximum Gasteiger partial charge on any atom is 0.162 e. The van der Waals surface area contributed by atoms with Crippen LogP contribution in [-0.2, 0) is 4.79 Å². The van der Waals surface area contributed by atoms with E-state index in [9.17, 15) is 14.3 Å². The zero-order chi connectivity index (χ0) is 16.8. The van der Waals surface area contributed by atoms with Crippen LogP contribution in [0.25, 0.3) is 0 Å². The van der Waals surface area contributed by atoms with Crippen LogP contribution in [0, 0.1) is 23.2 Å². The van der Waals surface area contributed by atoms with Gasteiger partial charge >= 0.3 is 0 Å². The summed E-state index contributed by atoms with van der Waals surface area (Å²) in [6.45, 7) is 7.66. The highest BCUT2D eigenvalue weighted by Crippen LogP contribution is 2.45. The first-order chi connectivity index (χ1) is 10.4. The average molecular weight is 312 g/mol. The molecule has 2 unspecified atom stereocenters. The maximum atomic E-state index is 12.8. The van der Waals surface area contributed by atoms with Crippen molar-refractivity contribution in [3.05, 3.63) is 11.8 Å². The van der Waals surface area contributed by atoms with E-state index in [-0.39, 0.29) is 29.3 Å². The summed E-state index contributed by atoms with van der Waals surface area (Å²) in [5.74, 6) is -0.390. The Balaban J connectivity index is 2.68. The highest BCUT2D eigenvalue weighted by molar-refractivity contribution is 5.92. The van der Waals surface area contributed by atoms with Crippen LogP contribution in [0.5, 0.6) is 0 Å². The number of carbonyl (C=O) groups is 1. The van der Waals surface area contributed by atoms with Gasteiger partial charge in [0.25, 0.3) is 0 Å². The molecule has 1 N–H and O–H groups in total. The van der Waals surface area contributed by atoms with Gasteiger partial charge in [-0.05, 0) is 43.4 Å². The SMILES string of the molecule is CCC(C(=O)/C=C(\O)C1CCC(CC)(CC)CC1)C(C)CF. The molecule has 0 heterocycles. The van der Waals surface area contributed by atoms with E-state index in [0.717, 1.165) is 25.7 Å². The van der Waals surface area contributed by atoms with Crippen LogP contribution in [-0.4, -0.2) is 17.6 Å². The molecule has 0 spiro atoms. The average Bonchev–Trinajstić information content (AvgIpc) is 2.55. The lowest BCUT2D eigenvalue weighted by molar-refractivity contribution is -0.120. The topological polar surface area (TPSA) is 37.3 Å². The van der Waals surface area contributed by atoms with Crippen molar-refractivity contribution in [3.8, 4) is 0 Å². The van der Waals surface area contributed by atoms with Crippen molar-refractivity contribution in [1.82, 2.24) is 0 Å². The summed E-state index contributed by atoms with van der Waals surface area (Å²) in [6.07, 6.45) is 8.52. The normalized spacial score (nSPS) is 22.3. The molecule has 1 rings (SSSR count). The molecule has 0 amide bonds. The Morgan fingerprint density at radius 2 is 1.82 bits per heavy atom. The van der Waals surface area contributed by atoms with Crippen LogP contribution in [0.2, 0.25) is 0 Å². The van der Waals surface area contributed by atoms with E-state index in [0.29, 0.717) is 11.8 Å². The number of aliphatic hydroxyl groups excluding tert-OH is 1. The van der Waals surface area contributed by atoms with Crippen molar-refractivity contribution in [2.24, 2.45) is 23.2 Å². The van der Waals surface area contributed by atoms with Crippen molar-refractivity contribution in [1.29, 1.82) is 0 Å². The number of hydrogen-bond donors (Lipinski definition) is 1. The fourth-order valence-corrected chi connectivity index (χ4v) is 3.85. The second-order valence-corrected chi connectivity index (χ2v) is 7.10. The summed E-state index contributed by atoms with van der Waals surface area (Å²) in [4.78, 5) is 12.3. The predicted molar refractivity (Wildman–Crippen MR) is 89.6 cm³/mol. The van der Waals surface area contributed by atoms with E-state index in [2.05, 4.69) is 13.8 Å². The lowest BCUT2D eigenvalue weighted by atomic mass is 9.67. The van der Waals surface area contributed by atoms with Crippen molar-refractivity contribution < 1.29 is 14.3 Å². The fraction of sp³-hybridized carbons (Fsp3) is 0.842. The van der Waals surface area contributed by atoms with Crippen LogP contribution in [0.15, 0.2) is 11.8 Å². The monoisotopic (exact) mass is 312 g/mol. The second kappa shape index (κ2) is 8.69. The van der Waals surface area contributed by atoms with Crippen LogP contribution in [0.3, 0.4) is 0 Å². The number of carbonyl (C=O) groups excluding carboxylic acids is 1. The Bertz CT molecular complexity index is 375. The Hall–Kier alpha value is -0.860. The zero-order valence-electron chi connectivity index (χ0n) is 14.7. The number of aliphatic hydroxyl groups is 1. The van der Waals surface area contributed by atoms with Gasteiger partial charge in [-0.3, -0.25) is 9.18 Å². The summed E-state index contributed by atoms with van der Waals surface area (Å²) in [5, 5.41) is 10.3. The molecule has 0 radical (unpaired) electrons. The lowest BCUT2D eigenvalue weighted by Crippen LogP contribution is -2.27. The number of hydrogen-bond acceptors (Lipinski definition) is 2. The van der Waals surface area contributed by atoms with Crippen molar-refractivity contribution in [2.45, 2.75) is 72.6 Å². The van der Waals surface area contributed by atoms with Gasteiger partial charge in [-0.25, -0.2) is 0 Å². The lowest BCUT2D eigenvalue weighted by Gasteiger charge is -2.39. The number of halogens is 1. The van der Waals surface area contributed by atoms with Crippen molar-refractivity contribution in [3.63, 3.8) is 0 Å². The first kappa shape index (κ1) is 19.2. The zero-order valence-corrected chi connectivity index (χ0v) is 14.7. The number of allylic oxidation sites excluding steroid dienone is 2. The molecule has 0 bridgehead atoms. The highest BCUT2D eigenvalue weighted by Gasteiger charge is 2.34. The molecule has 3 heteroatoms. The number of alkyl halides is 1. The first-order valence-corrected chi connectivity index (χ1v) is 8.93. The minimum absolute atomic E-state index is 0.105. The number of ketones is 1. The molecule has 0 aliphatic heterocycles. The Kier molecular flexibility index (Phi) is 7.58. The van der Waals surface area contributed by atoms with E-state index < -0.39 is 6.67 Å². The van der Waals surface area contributed by atoms with Crippen molar-refractivity contribution in [2.75, 3.05) is 6.67 Å². The Morgan fingerprint density at radius 3 is 2.23 bits per heavy atom. The minimum atomic E-state index is -0.488. The maximum absolute atomic E-state index is 12.8. The molecule has 1 aliphatic rings. The van der Waals surface area contributed by atoms with Gasteiger partial charge in [0.1, 0.15) is 0 Å². The fourth-order valence-electron chi connectivity index (χ4n) is 3.85. The summed E-state index contributed by atoms with van der Waals surface area (Å²) < 4.78 is 12.8. The highest BCUT2D eigenvalue weighted by atomic mass is 19.1. The molecule has 1 saturated carbocycles. The molecule has 1 fully saturated rings. The molecule has 128 valence electrons. The van der Waals surface area contributed by atoms with E-state index >= 15 is 0 Å². The molecule has 22 heavy (non-hydrogen) atoms. The van der Waals surface area contributed by atoms with Gasteiger partial charge in [0.15, 0.2) is 5.78 Å². The minimum Gasteiger partial charge on any atom is -0.512 e. The largest absolute Gasteiger partial charge is 0.512 e. The standard InChI is InChI=1S/C19H33FO2/c1-5-16(14(4)13-20)18(22)12-17(21)15-8-10-19(6-2,7-3)11-9-15/h12,14-16,21H,5-11,13H2,1-4H3/b17-12-. The summed E-state index contributed by atoms with van der Waals surface area (Å²) in [6, 6.07) is 0. The van der Waals surface area contributed by atoms with E-state index in [1.54, 1.807) is 6.92 Å². The van der Waals surface area contributed by atoms with E-state index in [1.807, 2.05) is 6.92 Å².